The number of amides is 1. The summed E-state index contributed by atoms with van der Waals surface area (Å²) in [4.78, 5) is 27.4. The minimum absolute atomic E-state index is 0.0815. The van der Waals surface area contributed by atoms with Crippen molar-refractivity contribution in [1.82, 2.24) is 39.7 Å². The van der Waals surface area contributed by atoms with Crippen LogP contribution in [-0.4, -0.2) is 62.8 Å². The van der Waals surface area contributed by atoms with E-state index in [9.17, 15) is 9.90 Å². The van der Waals surface area contributed by atoms with Gasteiger partial charge in [-0.05, 0) is 51.0 Å². The van der Waals surface area contributed by atoms with Crippen molar-refractivity contribution in [3.05, 3.63) is 54.1 Å². The molecule has 1 amide bonds. The third-order valence-electron chi connectivity index (χ3n) is 8.26. The first-order chi connectivity index (χ1) is 17.5. The zero-order valence-electron chi connectivity index (χ0n) is 19.7. The van der Waals surface area contributed by atoms with Crippen LogP contribution in [0.3, 0.4) is 0 Å². The Labute approximate surface area is 206 Å². The zero-order valence-corrected chi connectivity index (χ0v) is 19.7. The molecule has 11 heteroatoms. The zero-order chi connectivity index (χ0) is 24.4. The second-order valence-corrected chi connectivity index (χ2v) is 10.3. The van der Waals surface area contributed by atoms with E-state index in [4.69, 9.17) is 10.7 Å². The van der Waals surface area contributed by atoms with Gasteiger partial charge in [0, 0.05) is 47.1 Å². The molecule has 7 rings (SSSR count). The van der Waals surface area contributed by atoms with Gasteiger partial charge < -0.3 is 20.7 Å². The molecule has 4 N–H and O–H groups in total. The molecule has 2 aliphatic heterocycles. The number of rotatable bonds is 4. The number of aliphatic hydroxyl groups is 1. The molecule has 4 aromatic rings. The van der Waals surface area contributed by atoms with E-state index in [0.29, 0.717) is 23.0 Å². The molecule has 0 unspecified atom stereocenters. The van der Waals surface area contributed by atoms with E-state index in [2.05, 4.69) is 25.3 Å². The number of piperidine rings is 1. The van der Waals surface area contributed by atoms with Gasteiger partial charge in [-0.25, -0.2) is 4.98 Å². The van der Waals surface area contributed by atoms with Crippen molar-refractivity contribution in [3.63, 3.8) is 0 Å². The van der Waals surface area contributed by atoms with Crippen LogP contribution < -0.4 is 5.73 Å². The Kier molecular flexibility index (Phi) is 4.65. The Morgan fingerprint density at radius 3 is 2.61 bits per heavy atom. The van der Waals surface area contributed by atoms with Gasteiger partial charge in [-0.15, -0.1) is 10.2 Å². The number of aromatic nitrogens is 7. The van der Waals surface area contributed by atoms with Crippen LogP contribution in [0.25, 0.3) is 16.8 Å². The van der Waals surface area contributed by atoms with Crippen molar-refractivity contribution >= 4 is 17.4 Å². The molecule has 1 aliphatic carbocycles. The van der Waals surface area contributed by atoms with Crippen LogP contribution >= 0.6 is 0 Å². The number of hydrogen-bond acceptors (Lipinski definition) is 8. The van der Waals surface area contributed by atoms with Gasteiger partial charge >= 0.3 is 0 Å². The fourth-order valence-electron chi connectivity index (χ4n) is 6.20. The van der Waals surface area contributed by atoms with E-state index in [1.54, 1.807) is 16.9 Å². The molecule has 0 radical (unpaired) electrons. The van der Waals surface area contributed by atoms with E-state index in [1.165, 1.54) is 6.33 Å². The van der Waals surface area contributed by atoms with E-state index >= 15 is 0 Å². The summed E-state index contributed by atoms with van der Waals surface area (Å²) in [7, 11) is 0. The highest BCUT2D eigenvalue weighted by Crippen LogP contribution is 2.44. The Balaban J connectivity index is 1.18. The van der Waals surface area contributed by atoms with Crippen LogP contribution in [0.1, 0.15) is 72.9 Å². The summed E-state index contributed by atoms with van der Waals surface area (Å²) in [5, 5.41) is 22.7. The number of nitrogens with one attached hydrogen (secondary N) is 1. The number of hydrogen-bond donors (Lipinski definition) is 3. The van der Waals surface area contributed by atoms with Gasteiger partial charge in [0.25, 0.3) is 5.91 Å². The first kappa shape index (κ1) is 21.4. The van der Waals surface area contributed by atoms with Gasteiger partial charge in [-0.3, -0.25) is 9.78 Å². The number of H-pyrrole nitrogens is 1. The standard InChI is InChI=1S/C25H27N9O2/c26-21-10-19(15-8-16-3-4-17(9-15)33(16)24(35)22-28-13-29-32-22)31-23-18(12-30-34(21)23)14-2-5-20(27-11-14)25(36)6-1-7-25/h2,5,10-13,15-17,36H,1,3-4,6-9,26H2,(H,28,29,32)/t15-,16+,17-. The first-order valence-corrected chi connectivity index (χ1v) is 12.5. The largest absolute Gasteiger partial charge is 0.384 e. The summed E-state index contributed by atoms with van der Waals surface area (Å²) in [5.74, 6) is 0.941. The second kappa shape index (κ2) is 7.82. The summed E-state index contributed by atoms with van der Waals surface area (Å²) >= 11 is 0. The quantitative estimate of drug-likeness (QED) is 0.399. The molecule has 3 fully saturated rings. The van der Waals surface area contributed by atoms with Crippen LogP contribution in [0.4, 0.5) is 5.82 Å². The number of carbonyl (C=O) groups excluding carboxylic acids is 1. The molecule has 3 atom stereocenters. The highest BCUT2D eigenvalue weighted by Gasteiger charge is 2.45. The molecule has 3 aliphatic rings. The molecule has 2 saturated heterocycles. The van der Waals surface area contributed by atoms with Crippen molar-refractivity contribution in [1.29, 1.82) is 0 Å². The monoisotopic (exact) mass is 485 g/mol. The van der Waals surface area contributed by atoms with E-state index < -0.39 is 5.60 Å². The lowest BCUT2D eigenvalue weighted by Gasteiger charge is -2.38. The number of pyridine rings is 1. The molecule has 11 nitrogen and oxygen atoms in total. The molecule has 36 heavy (non-hydrogen) atoms. The number of nitrogens with two attached hydrogens (primary N) is 1. The van der Waals surface area contributed by atoms with Crippen molar-refractivity contribution in [2.45, 2.75) is 68.5 Å². The van der Waals surface area contributed by atoms with Crippen molar-refractivity contribution in [3.8, 4) is 11.1 Å². The highest BCUT2D eigenvalue weighted by molar-refractivity contribution is 5.91. The molecular formula is C25H27N9O2. The maximum absolute atomic E-state index is 13.0. The Hall–Kier alpha value is -3.86. The van der Waals surface area contributed by atoms with Crippen LogP contribution in [-0.2, 0) is 5.60 Å². The van der Waals surface area contributed by atoms with Gasteiger partial charge in [-0.2, -0.15) is 9.61 Å². The van der Waals surface area contributed by atoms with Gasteiger partial charge in [0.05, 0.1) is 11.9 Å². The summed E-state index contributed by atoms with van der Waals surface area (Å²) in [6, 6.07) is 6.06. The Morgan fingerprint density at radius 1 is 1.17 bits per heavy atom. The average Bonchev–Trinajstić information content (AvgIpc) is 3.61. The molecule has 0 spiro atoms. The number of nitrogens with zero attached hydrogens (tertiary/aromatic N) is 7. The smallest absolute Gasteiger partial charge is 0.292 e. The highest BCUT2D eigenvalue weighted by atomic mass is 16.3. The van der Waals surface area contributed by atoms with Crippen molar-refractivity contribution < 1.29 is 9.90 Å². The van der Waals surface area contributed by atoms with Crippen molar-refractivity contribution in [2.24, 2.45) is 0 Å². The Bertz CT molecular complexity index is 1430. The van der Waals surface area contributed by atoms with Crippen molar-refractivity contribution in [2.75, 3.05) is 5.73 Å². The third-order valence-corrected chi connectivity index (χ3v) is 8.26. The van der Waals surface area contributed by atoms with E-state index in [1.807, 2.05) is 23.1 Å². The number of carbonyl (C=O) groups is 1. The fourth-order valence-corrected chi connectivity index (χ4v) is 6.20. The average molecular weight is 486 g/mol. The number of nitrogen functional groups attached to an aromatic ring is 1. The topological polar surface area (TPSA) is 151 Å². The minimum atomic E-state index is -0.793. The predicted molar refractivity (Wildman–Crippen MR) is 130 cm³/mol. The molecule has 4 aromatic heterocycles. The second-order valence-electron chi connectivity index (χ2n) is 10.3. The molecule has 1 saturated carbocycles. The lowest BCUT2D eigenvalue weighted by atomic mass is 9.77. The lowest BCUT2D eigenvalue weighted by molar-refractivity contribution is -0.0426. The van der Waals surface area contributed by atoms with Crippen LogP contribution in [0, 0.1) is 0 Å². The SMILES string of the molecule is Nc1cc([C@H]2C[C@H]3CC[C@@H](C2)N3C(=O)c2nnc[nH]2)nc2c(-c3ccc(C4(O)CCC4)nc3)cnn12. The van der Waals surface area contributed by atoms with E-state index in [-0.39, 0.29) is 23.9 Å². The molecule has 2 bridgehead atoms. The van der Waals surface area contributed by atoms with Gasteiger partial charge in [0.1, 0.15) is 17.7 Å². The number of anilines is 1. The van der Waals surface area contributed by atoms with Gasteiger partial charge in [0.2, 0.25) is 5.82 Å². The van der Waals surface area contributed by atoms with Crippen LogP contribution in [0.15, 0.2) is 36.9 Å². The summed E-state index contributed by atoms with van der Waals surface area (Å²) in [5.41, 5.74) is 9.69. The van der Waals surface area contributed by atoms with Crippen LogP contribution in [0.5, 0.6) is 0 Å². The predicted octanol–water partition coefficient (Wildman–Crippen LogP) is 2.41. The Morgan fingerprint density at radius 2 is 1.97 bits per heavy atom. The summed E-state index contributed by atoms with van der Waals surface area (Å²) in [6.07, 6.45) is 11.1. The maximum atomic E-state index is 13.0. The molecule has 0 aromatic carbocycles. The molecule has 6 heterocycles. The summed E-state index contributed by atoms with van der Waals surface area (Å²) < 4.78 is 1.66. The maximum Gasteiger partial charge on any atom is 0.292 e. The van der Waals surface area contributed by atoms with E-state index in [0.717, 1.165) is 61.8 Å². The molecular weight excluding hydrogens is 458 g/mol. The minimum Gasteiger partial charge on any atom is -0.384 e. The van der Waals surface area contributed by atoms with Gasteiger partial charge in [0.15, 0.2) is 5.65 Å². The number of aromatic amines is 1. The third kappa shape index (κ3) is 3.22. The van der Waals surface area contributed by atoms with Gasteiger partial charge in [-0.1, -0.05) is 6.07 Å². The lowest BCUT2D eigenvalue weighted by Crippen LogP contribution is -2.46. The number of fused-ring (bicyclic) bond motifs is 3. The first-order valence-electron chi connectivity index (χ1n) is 12.5. The fraction of sp³-hybridized carbons (Fsp3) is 0.440. The van der Waals surface area contributed by atoms with Crippen LogP contribution in [0.2, 0.25) is 0 Å². The normalized spacial score (nSPS) is 24.7. The molecule has 184 valence electrons. The summed E-state index contributed by atoms with van der Waals surface area (Å²) in [6.45, 7) is 0.